The molecule has 1 saturated carbocycles. The molecule has 4 nitrogen and oxygen atoms in total. The molecule has 0 bridgehead atoms. The van der Waals surface area contributed by atoms with Gasteiger partial charge in [-0.25, -0.2) is 0 Å². The third-order valence-corrected chi connectivity index (χ3v) is 4.21. The van der Waals surface area contributed by atoms with E-state index < -0.39 is 0 Å². The van der Waals surface area contributed by atoms with Gasteiger partial charge in [-0.05, 0) is 55.3 Å². The predicted molar refractivity (Wildman–Crippen MR) is 94.6 cm³/mol. The highest BCUT2D eigenvalue weighted by molar-refractivity contribution is 5.95. The van der Waals surface area contributed by atoms with Crippen LogP contribution in [-0.4, -0.2) is 16.8 Å². The molecule has 3 aromatic rings. The third kappa shape index (κ3) is 3.74. The molecule has 1 aliphatic carbocycles. The summed E-state index contributed by atoms with van der Waals surface area (Å²) in [5, 5.41) is 0. The van der Waals surface area contributed by atoms with Crippen LogP contribution < -0.4 is 4.74 Å². The number of carbonyl (C=O) groups is 1. The molecule has 1 fully saturated rings. The summed E-state index contributed by atoms with van der Waals surface area (Å²) in [6.07, 6.45) is 3.73. The van der Waals surface area contributed by atoms with Crippen LogP contribution in [0, 0.1) is 0 Å². The molecule has 0 spiro atoms. The Balaban J connectivity index is 1.53. The van der Waals surface area contributed by atoms with Gasteiger partial charge >= 0.3 is 0 Å². The largest absolute Gasteiger partial charge is 0.467 e. The lowest BCUT2D eigenvalue weighted by atomic mass is 10.1. The van der Waals surface area contributed by atoms with Gasteiger partial charge in [-0.3, -0.25) is 4.79 Å². The zero-order valence-corrected chi connectivity index (χ0v) is 13.8. The molecule has 4 rings (SSSR count). The highest BCUT2D eigenvalue weighted by Gasteiger charge is 2.33. The maximum atomic E-state index is 13.0. The van der Waals surface area contributed by atoms with Gasteiger partial charge in [-0.15, -0.1) is 0 Å². The number of nitrogens with zero attached hydrogens (tertiary/aromatic N) is 1. The van der Waals surface area contributed by atoms with E-state index in [9.17, 15) is 4.79 Å². The van der Waals surface area contributed by atoms with E-state index in [0.29, 0.717) is 23.9 Å². The fourth-order valence-corrected chi connectivity index (χ4v) is 2.81. The van der Waals surface area contributed by atoms with Crippen molar-refractivity contribution >= 4 is 5.91 Å². The van der Waals surface area contributed by atoms with E-state index in [2.05, 4.69) is 0 Å². The van der Waals surface area contributed by atoms with Crippen molar-refractivity contribution in [2.24, 2.45) is 0 Å². The van der Waals surface area contributed by atoms with Gasteiger partial charge in [0.15, 0.2) is 0 Å². The Morgan fingerprint density at radius 1 is 1.00 bits per heavy atom. The number of furan rings is 1. The molecule has 0 N–H and O–H groups in total. The fourth-order valence-electron chi connectivity index (χ4n) is 2.81. The van der Waals surface area contributed by atoms with Gasteiger partial charge in [0.05, 0.1) is 12.8 Å². The van der Waals surface area contributed by atoms with Crippen LogP contribution in [-0.2, 0) is 6.54 Å². The van der Waals surface area contributed by atoms with Crippen LogP contribution in [0.4, 0.5) is 0 Å². The van der Waals surface area contributed by atoms with Crippen molar-refractivity contribution in [1.29, 1.82) is 0 Å². The van der Waals surface area contributed by atoms with Crippen LogP contribution in [0.15, 0.2) is 77.4 Å². The quantitative estimate of drug-likeness (QED) is 0.646. The van der Waals surface area contributed by atoms with E-state index in [1.165, 1.54) is 0 Å². The predicted octanol–water partition coefficient (Wildman–Crippen LogP) is 4.88. The second-order valence-electron chi connectivity index (χ2n) is 6.19. The standard InChI is InChI=1S/C21H19NO3/c23-21(22(17-11-12-17)15-20-10-5-13-24-20)16-6-4-9-19(14-16)25-18-7-2-1-3-8-18/h1-10,13-14,17H,11-12,15H2. The molecule has 1 heterocycles. The lowest BCUT2D eigenvalue weighted by Gasteiger charge is -2.21. The number of hydrogen-bond donors (Lipinski definition) is 0. The summed E-state index contributed by atoms with van der Waals surface area (Å²) < 4.78 is 11.3. The second-order valence-corrected chi connectivity index (χ2v) is 6.19. The molecule has 1 aromatic heterocycles. The van der Waals surface area contributed by atoms with E-state index in [4.69, 9.17) is 9.15 Å². The van der Waals surface area contributed by atoms with Gasteiger partial charge in [0.2, 0.25) is 0 Å². The Kier molecular flexibility index (Phi) is 4.25. The number of benzene rings is 2. The first-order valence-electron chi connectivity index (χ1n) is 8.46. The third-order valence-electron chi connectivity index (χ3n) is 4.21. The van der Waals surface area contributed by atoms with Gasteiger partial charge in [0.25, 0.3) is 5.91 Å². The van der Waals surface area contributed by atoms with Crippen LogP contribution in [0.5, 0.6) is 11.5 Å². The Morgan fingerprint density at radius 2 is 1.80 bits per heavy atom. The summed E-state index contributed by atoms with van der Waals surface area (Å²) in [6, 6.07) is 20.9. The first kappa shape index (κ1) is 15.5. The summed E-state index contributed by atoms with van der Waals surface area (Å²) in [5.74, 6) is 2.22. The number of rotatable bonds is 6. The van der Waals surface area contributed by atoms with Gasteiger partial charge in [0, 0.05) is 11.6 Å². The summed E-state index contributed by atoms with van der Waals surface area (Å²) in [7, 11) is 0. The molecule has 1 aliphatic rings. The van der Waals surface area contributed by atoms with Crippen molar-refractivity contribution in [3.05, 3.63) is 84.3 Å². The molecule has 126 valence electrons. The molecule has 0 saturated heterocycles. The SMILES string of the molecule is O=C(c1cccc(Oc2ccccc2)c1)N(Cc1ccco1)C1CC1. The minimum atomic E-state index is 0.0115. The summed E-state index contributed by atoms with van der Waals surface area (Å²) in [6.45, 7) is 0.500. The van der Waals surface area contributed by atoms with E-state index >= 15 is 0 Å². The minimum Gasteiger partial charge on any atom is -0.467 e. The number of carbonyl (C=O) groups excluding carboxylic acids is 1. The summed E-state index contributed by atoms with van der Waals surface area (Å²) >= 11 is 0. The molecule has 25 heavy (non-hydrogen) atoms. The van der Waals surface area contributed by atoms with Crippen LogP contribution in [0.3, 0.4) is 0 Å². The molecule has 0 radical (unpaired) electrons. The van der Waals surface area contributed by atoms with E-state index in [0.717, 1.165) is 24.4 Å². The molecule has 0 unspecified atom stereocenters. The van der Waals surface area contributed by atoms with Gasteiger partial charge < -0.3 is 14.1 Å². The van der Waals surface area contributed by atoms with Crippen LogP contribution in [0.2, 0.25) is 0 Å². The number of para-hydroxylation sites is 1. The van der Waals surface area contributed by atoms with Crippen LogP contribution >= 0.6 is 0 Å². The van der Waals surface area contributed by atoms with Crippen LogP contribution in [0.25, 0.3) is 0 Å². The fraction of sp³-hybridized carbons (Fsp3) is 0.190. The zero-order valence-electron chi connectivity index (χ0n) is 13.8. The number of ether oxygens (including phenoxy) is 1. The first-order chi connectivity index (χ1) is 12.3. The van der Waals surface area contributed by atoms with E-state index in [1.807, 2.05) is 65.6 Å². The van der Waals surface area contributed by atoms with Crippen molar-refractivity contribution in [3.8, 4) is 11.5 Å². The van der Waals surface area contributed by atoms with Crippen molar-refractivity contribution in [2.45, 2.75) is 25.4 Å². The lowest BCUT2D eigenvalue weighted by molar-refractivity contribution is 0.0717. The topological polar surface area (TPSA) is 42.7 Å². The lowest BCUT2D eigenvalue weighted by Crippen LogP contribution is -2.32. The molecular formula is C21H19NO3. The second kappa shape index (κ2) is 6.85. The summed E-state index contributed by atoms with van der Waals surface area (Å²) in [5.41, 5.74) is 0.631. The minimum absolute atomic E-state index is 0.0115. The molecule has 0 atom stereocenters. The Bertz CT molecular complexity index is 839. The van der Waals surface area contributed by atoms with Crippen molar-refractivity contribution in [2.75, 3.05) is 0 Å². The van der Waals surface area contributed by atoms with Gasteiger partial charge in [-0.1, -0.05) is 24.3 Å². The van der Waals surface area contributed by atoms with Gasteiger partial charge in [-0.2, -0.15) is 0 Å². The monoisotopic (exact) mass is 333 g/mol. The summed E-state index contributed by atoms with van der Waals surface area (Å²) in [4.78, 5) is 14.9. The van der Waals surface area contributed by atoms with Gasteiger partial charge in [0.1, 0.15) is 17.3 Å². The Hall–Kier alpha value is -3.01. The Morgan fingerprint density at radius 3 is 2.52 bits per heavy atom. The van der Waals surface area contributed by atoms with E-state index in [-0.39, 0.29) is 5.91 Å². The molecule has 0 aliphatic heterocycles. The highest BCUT2D eigenvalue weighted by Crippen LogP contribution is 2.31. The average molecular weight is 333 g/mol. The van der Waals surface area contributed by atoms with Crippen LogP contribution in [0.1, 0.15) is 29.0 Å². The molecule has 2 aromatic carbocycles. The maximum absolute atomic E-state index is 13.0. The van der Waals surface area contributed by atoms with Crippen molar-refractivity contribution in [3.63, 3.8) is 0 Å². The molecule has 4 heteroatoms. The first-order valence-corrected chi connectivity index (χ1v) is 8.46. The molecular weight excluding hydrogens is 314 g/mol. The average Bonchev–Trinajstić information content (AvgIpc) is 3.36. The highest BCUT2D eigenvalue weighted by atomic mass is 16.5. The Labute approximate surface area is 146 Å². The van der Waals surface area contributed by atoms with Crippen molar-refractivity contribution < 1.29 is 13.9 Å². The van der Waals surface area contributed by atoms with Crippen molar-refractivity contribution in [1.82, 2.24) is 4.90 Å². The number of hydrogen-bond acceptors (Lipinski definition) is 3. The maximum Gasteiger partial charge on any atom is 0.254 e. The normalized spacial score (nSPS) is 13.4. The smallest absolute Gasteiger partial charge is 0.254 e. The zero-order chi connectivity index (χ0) is 17.1. The molecule has 1 amide bonds. The van der Waals surface area contributed by atoms with E-state index in [1.54, 1.807) is 12.3 Å². The number of amides is 1.